The molecule has 0 spiro atoms. The molecular formula is C15H23BrN2O. The highest BCUT2D eigenvalue weighted by molar-refractivity contribution is 9.10. The number of hydrogen-bond acceptors (Lipinski definition) is 3. The first-order valence-electron chi connectivity index (χ1n) is 6.74. The van der Waals surface area contributed by atoms with E-state index in [0.29, 0.717) is 5.92 Å². The first kappa shape index (κ1) is 14.9. The van der Waals surface area contributed by atoms with Crippen LogP contribution in [0.2, 0.25) is 0 Å². The summed E-state index contributed by atoms with van der Waals surface area (Å²) in [7, 11) is 2.00. The lowest BCUT2D eigenvalue weighted by Gasteiger charge is -2.32. The number of rotatable bonds is 3. The fourth-order valence-electron chi connectivity index (χ4n) is 3.25. The van der Waals surface area contributed by atoms with Crippen LogP contribution in [0.1, 0.15) is 45.9 Å². The van der Waals surface area contributed by atoms with Crippen LogP contribution in [0, 0.1) is 5.92 Å². The minimum atomic E-state index is -0.147. The third kappa shape index (κ3) is 3.18. The van der Waals surface area contributed by atoms with Crippen molar-refractivity contribution in [2.24, 2.45) is 5.92 Å². The second-order valence-electron chi connectivity index (χ2n) is 6.44. The summed E-state index contributed by atoms with van der Waals surface area (Å²) in [6, 6.07) is 4.33. The molecule has 0 aliphatic carbocycles. The van der Waals surface area contributed by atoms with Crippen LogP contribution in [-0.2, 0) is 4.74 Å². The van der Waals surface area contributed by atoms with Gasteiger partial charge < -0.3 is 10.1 Å². The quantitative estimate of drug-likeness (QED) is 0.919. The Bertz CT molecular complexity index is 442. The van der Waals surface area contributed by atoms with Gasteiger partial charge in [-0.1, -0.05) is 0 Å². The Labute approximate surface area is 124 Å². The zero-order chi connectivity index (χ0) is 14.3. The third-order valence-electron chi connectivity index (χ3n) is 3.93. The van der Waals surface area contributed by atoms with Crippen molar-refractivity contribution < 1.29 is 4.74 Å². The summed E-state index contributed by atoms with van der Waals surface area (Å²) < 4.78 is 7.21. The van der Waals surface area contributed by atoms with Gasteiger partial charge in [0.1, 0.15) is 0 Å². The van der Waals surface area contributed by atoms with Crippen LogP contribution < -0.4 is 5.32 Å². The van der Waals surface area contributed by atoms with Gasteiger partial charge in [0.05, 0.1) is 22.9 Å². The maximum absolute atomic E-state index is 6.20. The molecule has 0 amide bonds. The standard InChI is InChI=1S/C15H23BrN2O/c1-14(2)8-11(15(3,4)19-14)13(17-5)12-7-6-10(16)9-18-12/h6-7,9,11,13,17H,8H2,1-5H3. The maximum Gasteiger partial charge on any atom is 0.0681 e. The fourth-order valence-corrected chi connectivity index (χ4v) is 3.49. The van der Waals surface area contributed by atoms with Crippen molar-refractivity contribution >= 4 is 15.9 Å². The largest absolute Gasteiger partial charge is 0.369 e. The van der Waals surface area contributed by atoms with Gasteiger partial charge in [0, 0.05) is 16.6 Å². The van der Waals surface area contributed by atoms with E-state index in [0.717, 1.165) is 16.6 Å². The summed E-state index contributed by atoms with van der Waals surface area (Å²) in [4.78, 5) is 4.54. The van der Waals surface area contributed by atoms with E-state index in [-0.39, 0.29) is 17.2 Å². The molecule has 0 saturated carbocycles. The molecule has 1 saturated heterocycles. The first-order chi connectivity index (χ1) is 8.75. The number of hydrogen-bond donors (Lipinski definition) is 1. The highest BCUT2D eigenvalue weighted by atomic mass is 79.9. The normalized spacial score (nSPS) is 26.3. The van der Waals surface area contributed by atoms with Gasteiger partial charge in [0.2, 0.25) is 0 Å². The van der Waals surface area contributed by atoms with E-state index in [4.69, 9.17) is 4.74 Å². The minimum Gasteiger partial charge on any atom is -0.369 e. The van der Waals surface area contributed by atoms with Gasteiger partial charge in [-0.2, -0.15) is 0 Å². The summed E-state index contributed by atoms with van der Waals surface area (Å²) in [5, 5.41) is 3.42. The summed E-state index contributed by atoms with van der Waals surface area (Å²) in [5.41, 5.74) is 0.856. The van der Waals surface area contributed by atoms with Crippen molar-refractivity contribution in [2.75, 3.05) is 7.05 Å². The zero-order valence-corrected chi connectivity index (χ0v) is 13.9. The average Bonchev–Trinajstić information content (AvgIpc) is 2.51. The molecule has 2 heterocycles. The SMILES string of the molecule is CNC(c1ccc(Br)cn1)C1CC(C)(C)OC1(C)C. The number of halogens is 1. The van der Waals surface area contributed by atoms with E-state index >= 15 is 0 Å². The van der Waals surface area contributed by atoms with E-state index in [1.54, 1.807) is 0 Å². The molecule has 19 heavy (non-hydrogen) atoms. The lowest BCUT2D eigenvalue weighted by molar-refractivity contribution is -0.0778. The Hall–Kier alpha value is -0.450. The molecule has 2 atom stereocenters. The highest BCUT2D eigenvalue weighted by Crippen LogP contribution is 2.47. The lowest BCUT2D eigenvalue weighted by atomic mass is 9.80. The van der Waals surface area contributed by atoms with Crippen LogP contribution in [-0.4, -0.2) is 23.2 Å². The molecule has 1 aromatic rings. The molecule has 0 aromatic carbocycles. The number of aromatic nitrogens is 1. The van der Waals surface area contributed by atoms with Gasteiger partial charge in [-0.15, -0.1) is 0 Å². The first-order valence-corrected chi connectivity index (χ1v) is 7.53. The van der Waals surface area contributed by atoms with Gasteiger partial charge in [-0.3, -0.25) is 4.98 Å². The molecule has 2 rings (SSSR count). The van der Waals surface area contributed by atoms with E-state index in [9.17, 15) is 0 Å². The van der Waals surface area contributed by atoms with Crippen molar-refractivity contribution in [3.63, 3.8) is 0 Å². The Morgan fingerprint density at radius 3 is 2.47 bits per heavy atom. The van der Waals surface area contributed by atoms with Gasteiger partial charge >= 0.3 is 0 Å². The Morgan fingerprint density at radius 2 is 2.05 bits per heavy atom. The van der Waals surface area contributed by atoms with Crippen molar-refractivity contribution in [2.45, 2.75) is 51.4 Å². The van der Waals surface area contributed by atoms with Gasteiger partial charge in [-0.05, 0) is 69.2 Å². The second kappa shape index (κ2) is 5.15. The molecule has 3 nitrogen and oxygen atoms in total. The molecule has 0 radical (unpaired) electrons. The van der Waals surface area contributed by atoms with E-state index in [1.807, 2.05) is 19.3 Å². The van der Waals surface area contributed by atoms with Gasteiger partial charge in [0.25, 0.3) is 0 Å². The molecule has 4 heteroatoms. The lowest BCUT2D eigenvalue weighted by Crippen LogP contribution is -2.37. The number of nitrogens with zero attached hydrogens (tertiary/aromatic N) is 1. The molecule has 106 valence electrons. The minimum absolute atomic E-state index is 0.0708. The fraction of sp³-hybridized carbons (Fsp3) is 0.667. The zero-order valence-electron chi connectivity index (χ0n) is 12.3. The number of ether oxygens (including phenoxy) is 1. The van der Waals surface area contributed by atoms with Crippen LogP contribution in [0.3, 0.4) is 0 Å². The van der Waals surface area contributed by atoms with Crippen molar-refractivity contribution in [1.82, 2.24) is 10.3 Å². The van der Waals surface area contributed by atoms with E-state index < -0.39 is 0 Å². The number of pyridine rings is 1. The van der Waals surface area contributed by atoms with Crippen LogP contribution in [0.25, 0.3) is 0 Å². The molecule has 0 bridgehead atoms. The monoisotopic (exact) mass is 326 g/mol. The predicted octanol–water partition coefficient (Wildman–Crippen LogP) is 3.70. The maximum atomic E-state index is 6.20. The van der Waals surface area contributed by atoms with E-state index in [2.05, 4.69) is 60.0 Å². The molecule has 1 aromatic heterocycles. The molecule has 1 aliphatic heterocycles. The summed E-state index contributed by atoms with van der Waals surface area (Å²) in [5.74, 6) is 0.404. The summed E-state index contributed by atoms with van der Waals surface area (Å²) in [6.45, 7) is 8.68. The predicted molar refractivity (Wildman–Crippen MR) is 81.1 cm³/mol. The van der Waals surface area contributed by atoms with E-state index in [1.165, 1.54) is 0 Å². The Morgan fingerprint density at radius 1 is 1.37 bits per heavy atom. The van der Waals surface area contributed by atoms with Gasteiger partial charge in [-0.25, -0.2) is 0 Å². The molecule has 1 fully saturated rings. The summed E-state index contributed by atoms with van der Waals surface area (Å²) >= 11 is 3.43. The second-order valence-corrected chi connectivity index (χ2v) is 7.36. The Balaban J connectivity index is 2.29. The van der Waals surface area contributed by atoms with Gasteiger partial charge in [0.15, 0.2) is 0 Å². The van der Waals surface area contributed by atoms with Crippen LogP contribution in [0.5, 0.6) is 0 Å². The smallest absolute Gasteiger partial charge is 0.0681 e. The van der Waals surface area contributed by atoms with Crippen LogP contribution >= 0.6 is 15.9 Å². The average molecular weight is 327 g/mol. The molecule has 1 N–H and O–H groups in total. The van der Waals surface area contributed by atoms with Crippen LogP contribution in [0.4, 0.5) is 0 Å². The molecular weight excluding hydrogens is 304 g/mol. The Kier molecular flexibility index (Phi) is 4.05. The molecule has 2 unspecified atom stereocenters. The summed E-state index contributed by atoms with van der Waals surface area (Å²) in [6.07, 6.45) is 2.89. The van der Waals surface area contributed by atoms with Crippen molar-refractivity contribution in [3.8, 4) is 0 Å². The number of nitrogens with one attached hydrogen (secondary N) is 1. The van der Waals surface area contributed by atoms with Crippen molar-refractivity contribution in [1.29, 1.82) is 0 Å². The third-order valence-corrected chi connectivity index (χ3v) is 4.40. The van der Waals surface area contributed by atoms with Crippen LogP contribution in [0.15, 0.2) is 22.8 Å². The van der Waals surface area contributed by atoms with Crippen molar-refractivity contribution in [3.05, 3.63) is 28.5 Å². The topological polar surface area (TPSA) is 34.2 Å². The highest BCUT2D eigenvalue weighted by Gasteiger charge is 2.49. The molecule has 1 aliphatic rings.